The zero-order valence-corrected chi connectivity index (χ0v) is 27.4. The van der Waals surface area contributed by atoms with Crippen LogP contribution < -0.4 is 0 Å². The highest BCUT2D eigenvalue weighted by atomic mass is 32.1. The van der Waals surface area contributed by atoms with E-state index >= 15 is 0 Å². The van der Waals surface area contributed by atoms with E-state index in [2.05, 4.69) is 0 Å². The quantitative estimate of drug-likeness (QED) is 0.185. The van der Waals surface area contributed by atoms with Crippen LogP contribution in [0.4, 0.5) is 0 Å². The molecule has 5 nitrogen and oxygen atoms in total. The number of aromatic nitrogens is 3. The van der Waals surface area contributed by atoms with Gasteiger partial charge in [-0.15, -0.1) is 11.3 Å². The summed E-state index contributed by atoms with van der Waals surface area (Å²) in [4.78, 5) is 14.6. The lowest BCUT2D eigenvalue weighted by molar-refractivity contribution is 0.669. The first-order chi connectivity index (χ1) is 27.8. The molecule has 0 atom stereocenters. The van der Waals surface area contributed by atoms with Crippen LogP contribution in [0.2, 0.25) is 0 Å². The van der Waals surface area contributed by atoms with Crippen LogP contribution in [0.1, 0.15) is 8.22 Å². The molecule has 0 unspecified atom stereocenters. The molecule has 0 spiro atoms. The van der Waals surface area contributed by atoms with Crippen molar-refractivity contribution in [2.45, 2.75) is 0 Å². The average Bonchev–Trinajstić information content (AvgIpc) is 3.95. The first-order valence-corrected chi connectivity index (χ1v) is 17.2. The lowest BCUT2D eigenvalue weighted by Crippen LogP contribution is -2.00. The Kier molecular flexibility index (Phi) is 4.91. The van der Waals surface area contributed by atoms with Gasteiger partial charge in [0, 0.05) is 58.4 Å². The fourth-order valence-corrected chi connectivity index (χ4v) is 8.08. The van der Waals surface area contributed by atoms with E-state index in [1.165, 1.54) is 11.3 Å². The van der Waals surface area contributed by atoms with Crippen molar-refractivity contribution in [3.63, 3.8) is 0 Å². The minimum absolute atomic E-state index is 0.0323. The summed E-state index contributed by atoms with van der Waals surface area (Å²) in [6.07, 6.45) is 0. The minimum Gasteiger partial charge on any atom is -0.456 e. The summed E-state index contributed by atoms with van der Waals surface area (Å²) < 4.78 is 69.1. The molecule has 0 aliphatic carbocycles. The normalized spacial score (nSPS) is 13.6. The fourth-order valence-electron chi connectivity index (χ4n) is 6.95. The van der Waals surface area contributed by atoms with Crippen molar-refractivity contribution in [2.75, 3.05) is 0 Å². The van der Waals surface area contributed by atoms with Crippen molar-refractivity contribution in [1.82, 2.24) is 15.0 Å². The van der Waals surface area contributed by atoms with Crippen LogP contribution >= 0.6 is 11.3 Å². The molecule has 0 bridgehead atoms. The summed E-state index contributed by atoms with van der Waals surface area (Å²) in [5.74, 6) is 0.636. The van der Waals surface area contributed by atoms with Gasteiger partial charge in [0.2, 0.25) is 0 Å². The molecule has 4 aromatic heterocycles. The Morgan fingerprint density at radius 3 is 2.04 bits per heavy atom. The Bertz CT molecular complexity index is 3510. The third-order valence-electron chi connectivity index (χ3n) is 9.27. The third kappa shape index (κ3) is 4.37. The maximum Gasteiger partial charge on any atom is 0.167 e. The molecule has 0 amide bonds. The maximum absolute atomic E-state index is 9.69. The Morgan fingerprint density at radius 2 is 1.16 bits per heavy atom. The van der Waals surface area contributed by atoms with Gasteiger partial charge in [-0.1, -0.05) is 121 Å². The highest BCUT2D eigenvalue weighted by Gasteiger charge is 2.20. The van der Waals surface area contributed by atoms with Crippen molar-refractivity contribution >= 4 is 75.4 Å². The maximum atomic E-state index is 9.69. The van der Waals surface area contributed by atoms with Gasteiger partial charge in [0.15, 0.2) is 17.5 Å². The molecule has 6 heteroatoms. The topological polar surface area (TPSA) is 65.0 Å². The van der Waals surface area contributed by atoms with E-state index < -0.39 is 0 Å². The number of benzene rings is 7. The van der Waals surface area contributed by atoms with Gasteiger partial charge in [-0.05, 0) is 35.9 Å². The van der Waals surface area contributed by atoms with Crippen LogP contribution in [-0.2, 0) is 0 Å². The molecular weight excluding hydrogens is 647 g/mol. The molecule has 4 heterocycles. The second-order valence-corrected chi connectivity index (χ2v) is 13.3. The van der Waals surface area contributed by atoms with Gasteiger partial charge in [0.25, 0.3) is 0 Å². The van der Waals surface area contributed by atoms with E-state index in [1.54, 1.807) is 0 Å². The molecule has 0 saturated heterocycles. The number of rotatable bonds is 4. The number of hydrogen-bond donors (Lipinski definition) is 0. The zero-order chi connectivity index (χ0) is 38.7. The molecule has 0 N–H and O–H groups in total. The Hall–Kier alpha value is -6.63. The second-order valence-electron chi connectivity index (χ2n) is 12.2. The molecule has 0 saturated carbocycles. The van der Waals surface area contributed by atoms with Crippen molar-refractivity contribution in [1.29, 1.82) is 0 Å². The van der Waals surface area contributed by atoms with E-state index in [4.69, 9.17) is 26.5 Å². The second kappa shape index (κ2) is 10.9. The lowest BCUT2D eigenvalue weighted by atomic mass is 9.98. The largest absolute Gasteiger partial charge is 0.456 e. The van der Waals surface area contributed by atoms with Crippen LogP contribution in [0.25, 0.3) is 109 Å². The van der Waals surface area contributed by atoms with Gasteiger partial charge in [-0.2, -0.15) is 0 Å². The van der Waals surface area contributed by atoms with E-state index in [0.29, 0.717) is 59.8 Å². The van der Waals surface area contributed by atoms with Gasteiger partial charge in [-0.25, -0.2) is 15.0 Å². The zero-order valence-electron chi connectivity index (χ0n) is 32.5. The number of thiophene rings is 1. The Morgan fingerprint density at radius 1 is 0.471 bits per heavy atom. The summed E-state index contributed by atoms with van der Waals surface area (Å²) in [6, 6.07) is 34.8. The number of hydrogen-bond acceptors (Lipinski definition) is 6. The van der Waals surface area contributed by atoms with Gasteiger partial charge in [0.1, 0.15) is 22.3 Å². The summed E-state index contributed by atoms with van der Waals surface area (Å²) in [7, 11) is 0. The average molecular weight is 678 g/mol. The van der Waals surface area contributed by atoms with E-state index in [9.17, 15) is 5.48 Å². The predicted molar refractivity (Wildman–Crippen MR) is 209 cm³/mol. The smallest absolute Gasteiger partial charge is 0.167 e. The molecule has 11 aromatic rings. The van der Waals surface area contributed by atoms with Gasteiger partial charge in [-0.3, -0.25) is 0 Å². The van der Waals surface area contributed by atoms with Crippen molar-refractivity contribution in [3.8, 4) is 45.3 Å². The number of fused-ring (bicyclic) bond motifs is 9. The van der Waals surface area contributed by atoms with Crippen LogP contribution in [0, 0.1) is 0 Å². The SMILES string of the molecule is [2H]c1c([2H])c([2H])c2c(sc3c([2H])c(-c4nc(-c5ccccc5)nc(-c5cccc6c5oc5ccccc56)n4)c([2H])c([2H])c32)c1-c1cccc2oc3ccccc3c12. The van der Waals surface area contributed by atoms with Crippen molar-refractivity contribution < 1.29 is 17.1 Å². The monoisotopic (exact) mass is 677 g/mol. The van der Waals surface area contributed by atoms with Crippen molar-refractivity contribution in [3.05, 3.63) is 152 Å². The van der Waals surface area contributed by atoms with E-state index in [0.717, 1.165) is 21.5 Å². The highest BCUT2D eigenvalue weighted by molar-refractivity contribution is 7.26. The van der Waals surface area contributed by atoms with Crippen molar-refractivity contribution in [2.24, 2.45) is 0 Å². The number of para-hydroxylation sites is 3. The third-order valence-corrected chi connectivity index (χ3v) is 10.4. The standard InChI is InChI=1S/C45H25N3O2S/c1-2-11-26(12-3-1)43-46-44(48-45(47-43)35-19-8-16-31-28-13-4-6-20-36(28)50-41(31)35)27-23-24-29-32-17-9-18-33(42(32)51-39(29)25-27)30-15-10-22-38-40(30)34-14-5-7-21-37(34)49-38/h1-25H/i9D,17D,18D,23D,24D,25D. The molecular formula is C45H25N3O2S. The van der Waals surface area contributed by atoms with Crippen LogP contribution in [-0.4, -0.2) is 15.0 Å². The molecule has 51 heavy (non-hydrogen) atoms. The Balaban J connectivity index is 1.21. The molecule has 11 rings (SSSR count). The Labute approximate surface area is 303 Å². The molecule has 0 aliphatic heterocycles. The fraction of sp³-hybridized carbons (Fsp3) is 0. The lowest BCUT2D eigenvalue weighted by Gasteiger charge is -2.09. The predicted octanol–water partition coefficient (Wildman–Crippen LogP) is 12.7. The molecule has 0 fully saturated rings. The van der Waals surface area contributed by atoms with Gasteiger partial charge >= 0.3 is 0 Å². The summed E-state index contributed by atoms with van der Waals surface area (Å²) in [5, 5.41) is 3.91. The van der Waals surface area contributed by atoms with E-state index in [1.807, 2.05) is 115 Å². The summed E-state index contributed by atoms with van der Waals surface area (Å²) >= 11 is 1.17. The molecule has 238 valence electrons. The minimum atomic E-state index is -0.307. The number of furan rings is 2. The van der Waals surface area contributed by atoms with Crippen LogP contribution in [0.5, 0.6) is 0 Å². The summed E-state index contributed by atoms with van der Waals surface area (Å²) in [6.45, 7) is 0. The van der Waals surface area contributed by atoms with Crippen LogP contribution in [0.15, 0.2) is 160 Å². The van der Waals surface area contributed by atoms with Gasteiger partial charge in [0.05, 0.1) is 13.8 Å². The first-order valence-electron chi connectivity index (χ1n) is 19.4. The molecule has 0 aliphatic rings. The van der Waals surface area contributed by atoms with Gasteiger partial charge < -0.3 is 8.83 Å². The molecule has 7 aromatic carbocycles. The number of nitrogens with zero attached hydrogens (tertiary/aromatic N) is 3. The van der Waals surface area contributed by atoms with Crippen LogP contribution in [0.3, 0.4) is 0 Å². The first kappa shape index (κ1) is 22.9. The summed E-state index contributed by atoms with van der Waals surface area (Å²) in [5.41, 5.74) is 4.97. The highest BCUT2D eigenvalue weighted by Crippen LogP contribution is 2.45. The molecule has 0 radical (unpaired) electrons. The van der Waals surface area contributed by atoms with E-state index in [-0.39, 0.29) is 64.2 Å².